The first-order chi connectivity index (χ1) is 9.56. The van der Waals surface area contributed by atoms with Gasteiger partial charge in [0.25, 0.3) is 5.91 Å². The molecule has 2 rings (SSSR count). The number of nitrogens with zero attached hydrogens (tertiary/aromatic N) is 1. The number of rotatable bonds is 5. The maximum atomic E-state index is 11.8. The molecule has 0 aliphatic heterocycles. The molecule has 0 spiro atoms. The topological polar surface area (TPSA) is 71.7 Å². The molecule has 5 nitrogen and oxygen atoms in total. The minimum atomic E-state index is -0.194. The number of nitrogens with two attached hydrogens (primary N) is 1. The number of anilines is 1. The van der Waals surface area contributed by atoms with Crippen molar-refractivity contribution in [2.24, 2.45) is 0 Å². The Hall–Kier alpha value is -1.56. The molecule has 2 aromatic rings. The minimum Gasteiger partial charge on any atom is -0.463 e. The van der Waals surface area contributed by atoms with Gasteiger partial charge in [0.15, 0.2) is 18.1 Å². The Morgan fingerprint density at radius 1 is 1.55 bits per heavy atom. The maximum Gasteiger partial charge on any atom is 0.280 e. The summed E-state index contributed by atoms with van der Waals surface area (Å²) in [5.41, 5.74) is 0. The van der Waals surface area contributed by atoms with E-state index in [2.05, 4.69) is 10.3 Å². The number of furan rings is 1. The summed E-state index contributed by atoms with van der Waals surface area (Å²) in [5.74, 6) is 0.931. The monoisotopic (exact) mass is 314 g/mol. The van der Waals surface area contributed by atoms with Crippen molar-refractivity contribution in [3.8, 4) is 0 Å². The third kappa shape index (κ3) is 3.96. The predicted molar refractivity (Wildman–Crippen MR) is 76.8 cm³/mol. The second-order valence-electron chi connectivity index (χ2n) is 4.28. The molecule has 2 aromatic heterocycles. The van der Waals surface area contributed by atoms with Gasteiger partial charge in [0.1, 0.15) is 6.04 Å². The molecule has 0 aromatic carbocycles. The Kier molecular flexibility index (Phi) is 5.00. The van der Waals surface area contributed by atoms with Crippen molar-refractivity contribution in [1.29, 1.82) is 0 Å². The second-order valence-corrected chi connectivity index (χ2v) is 5.12. The van der Waals surface area contributed by atoms with Gasteiger partial charge in [0.05, 0.1) is 16.3 Å². The molecule has 0 aliphatic carbocycles. The molecule has 20 heavy (non-hydrogen) atoms. The number of carbonyl (C=O) groups is 1. The van der Waals surface area contributed by atoms with Crippen LogP contribution in [0.4, 0.5) is 5.82 Å². The molecule has 1 atom stereocenters. The standard InChI is InChI=1S/C13H13Cl2N3O2/c1-8(11-3-2-4-20-11)16-7-12(19)18-13-10(15)5-9(14)6-17-13/h2-6,8,16H,7H2,1H3,(H,17,18,19)/p+1/t8-/m1/s1. The van der Waals surface area contributed by atoms with Gasteiger partial charge < -0.3 is 15.1 Å². The molecule has 0 bridgehead atoms. The third-order valence-electron chi connectivity index (χ3n) is 2.71. The summed E-state index contributed by atoms with van der Waals surface area (Å²) in [6, 6.07) is 5.28. The fraction of sp³-hybridized carbons (Fsp3) is 0.231. The molecule has 2 heterocycles. The number of aromatic nitrogens is 1. The van der Waals surface area contributed by atoms with Crippen LogP contribution in [-0.2, 0) is 4.79 Å². The van der Waals surface area contributed by atoms with Crippen LogP contribution in [0, 0.1) is 0 Å². The van der Waals surface area contributed by atoms with E-state index >= 15 is 0 Å². The lowest BCUT2D eigenvalue weighted by Gasteiger charge is -2.09. The number of hydrogen-bond acceptors (Lipinski definition) is 3. The van der Waals surface area contributed by atoms with E-state index in [0.29, 0.717) is 15.9 Å². The van der Waals surface area contributed by atoms with E-state index in [1.54, 1.807) is 6.26 Å². The molecule has 106 valence electrons. The highest BCUT2D eigenvalue weighted by atomic mass is 35.5. The highest BCUT2D eigenvalue weighted by molar-refractivity contribution is 6.36. The van der Waals surface area contributed by atoms with Gasteiger partial charge in [-0.2, -0.15) is 0 Å². The third-order valence-corrected chi connectivity index (χ3v) is 3.21. The summed E-state index contributed by atoms with van der Waals surface area (Å²) in [6.45, 7) is 2.20. The van der Waals surface area contributed by atoms with E-state index in [9.17, 15) is 4.79 Å². The quantitative estimate of drug-likeness (QED) is 0.889. The van der Waals surface area contributed by atoms with Gasteiger partial charge in [-0.3, -0.25) is 4.79 Å². The summed E-state index contributed by atoms with van der Waals surface area (Å²) in [6.07, 6.45) is 3.04. The summed E-state index contributed by atoms with van der Waals surface area (Å²) in [5, 5.41) is 5.23. The Labute approximate surface area is 126 Å². The van der Waals surface area contributed by atoms with Crippen LogP contribution in [0.3, 0.4) is 0 Å². The van der Waals surface area contributed by atoms with Crippen LogP contribution in [-0.4, -0.2) is 17.4 Å². The highest BCUT2D eigenvalue weighted by Gasteiger charge is 2.14. The number of halogens is 2. The van der Waals surface area contributed by atoms with E-state index in [4.69, 9.17) is 27.6 Å². The number of quaternary nitrogens is 1. The fourth-order valence-corrected chi connectivity index (χ4v) is 2.07. The lowest BCUT2D eigenvalue weighted by molar-refractivity contribution is -0.684. The molecular weight excluding hydrogens is 301 g/mol. The van der Waals surface area contributed by atoms with E-state index in [1.807, 2.05) is 24.4 Å². The zero-order valence-electron chi connectivity index (χ0n) is 10.8. The summed E-state index contributed by atoms with van der Waals surface area (Å²) in [4.78, 5) is 15.8. The molecule has 0 saturated carbocycles. The van der Waals surface area contributed by atoms with Crippen molar-refractivity contribution in [3.05, 3.63) is 46.5 Å². The van der Waals surface area contributed by atoms with E-state index in [-0.39, 0.29) is 18.5 Å². The van der Waals surface area contributed by atoms with Crippen LogP contribution < -0.4 is 10.6 Å². The van der Waals surface area contributed by atoms with Gasteiger partial charge in [0.2, 0.25) is 0 Å². The molecule has 3 N–H and O–H groups in total. The first-order valence-corrected chi connectivity index (χ1v) is 6.79. The largest absolute Gasteiger partial charge is 0.463 e. The van der Waals surface area contributed by atoms with Crippen molar-refractivity contribution in [1.82, 2.24) is 4.98 Å². The first-order valence-electron chi connectivity index (χ1n) is 6.04. The van der Waals surface area contributed by atoms with Crippen LogP contribution in [0.25, 0.3) is 0 Å². The fourth-order valence-electron chi connectivity index (χ4n) is 1.64. The minimum absolute atomic E-state index is 0.0596. The SMILES string of the molecule is C[C@@H]([NH2+]CC(=O)Nc1ncc(Cl)cc1Cl)c1ccco1. The van der Waals surface area contributed by atoms with Gasteiger partial charge in [-0.1, -0.05) is 23.2 Å². The summed E-state index contributed by atoms with van der Waals surface area (Å²) >= 11 is 11.7. The normalized spacial score (nSPS) is 12.2. The van der Waals surface area contributed by atoms with Crippen LogP contribution in [0.2, 0.25) is 10.0 Å². The maximum absolute atomic E-state index is 11.8. The zero-order valence-corrected chi connectivity index (χ0v) is 12.3. The lowest BCUT2D eigenvalue weighted by Crippen LogP contribution is -2.86. The summed E-state index contributed by atoms with van der Waals surface area (Å²) < 4.78 is 5.27. The Morgan fingerprint density at radius 2 is 2.35 bits per heavy atom. The van der Waals surface area contributed by atoms with Crippen molar-refractivity contribution in [2.45, 2.75) is 13.0 Å². The van der Waals surface area contributed by atoms with Crippen LogP contribution in [0.5, 0.6) is 0 Å². The Morgan fingerprint density at radius 3 is 3.00 bits per heavy atom. The van der Waals surface area contributed by atoms with E-state index < -0.39 is 0 Å². The van der Waals surface area contributed by atoms with Gasteiger partial charge in [-0.15, -0.1) is 0 Å². The smallest absolute Gasteiger partial charge is 0.280 e. The number of hydrogen-bond donors (Lipinski definition) is 2. The molecular formula is C13H14Cl2N3O2+. The van der Waals surface area contributed by atoms with Crippen molar-refractivity contribution in [2.75, 3.05) is 11.9 Å². The van der Waals surface area contributed by atoms with Crippen LogP contribution in [0.15, 0.2) is 35.1 Å². The molecule has 0 fully saturated rings. The number of carbonyl (C=O) groups excluding carboxylic acids is 1. The first kappa shape index (κ1) is 14.8. The molecule has 0 unspecified atom stereocenters. The molecule has 7 heteroatoms. The van der Waals surface area contributed by atoms with Crippen molar-refractivity contribution in [3.63, 3.8) is 0 Å². The number of nitrogens with one attached hydrogen (secondary N) is 1. The Balaban J connectivity index is 1.86. The molecule has 1 amide bonds. The van der Waals surface area contributed by atoms with Crippen LogP contribution >= 0.6 is 23.2 Å². The van der Waals surface area contributed by atoms with Crippen molar-refractivity contribution < 1.29 is 14.5 Å². The van der Waals surface area contributed by atoms with Gasteiger partial charge in [0, 0.05) is 6.20 Å². The van der Waals surface area contributed by atoms with Gasteiger partial charge in [-0.25, -0.2) is 4.98 Å². The molecule has 0 aliphatic rings. The highest BCUT2D eigenvalue weighted by Crippen LogP contribution is 2.22. The van der Waals surface area contributed by atoms with Gasteiger partial charge in [-0.05, 0) is 25.1 Å². The van der Waals surface area contributed by atoms with E-state index in [1.165, 1.54) is 12.3 Å². The zero-order chi connectivity index (χ0) is 14.5. The molecule has 0 saturated heterocycles. The summed E-state index contributed by atoms with van der Waals surface area (Å²) in [7, 11) is 0. The van der Waals surface area contributed by atoms with E-state index in [0.717, 1.165) is 5.76 Å². The average molecular weight is 315 g/mol. The Bertz CT molecular complexity index is 587. The second kappa shape index (κ2) is 6.74. The molecule has 0 radical (unpaired) electrons. The number of pyridine rings is 1. The van der Waals surface area contributed by atoms with Crippen LogP contribution in [0.1, 0.15) is 18.7 Å². The van der Waals surface area contributed by atoms with Gasteiger partial charge >= 0.3 is 0 Å². The lowest BCUT2D eigenvalue weighted by atomic mass is 10.2. The van der Waals surface area contributed by atoms with Crippen molar-refractivity contribution >= 4 is 34.9 Å². The predicted octanol–water partition coefficient (Wildman–Crippen LogP) is 2.24. The number of amides is 1. The average Bonchev–Trinajstić information content (AvgIpc) is 2.93.